The molecule has 1 aromatic heterocycles. The van der Waals surface area contributed by atoms with Gasteiger partial charge in [-0.3, -0.25) is 4.98 Å². The lowest BCUT2D eigenvalue weighted by Gasteiger charge is -2.33. The predicted molar refractivity (Wildman–Crippen MR) is 101 cm³/mol. The van der Waals surface area contributed by atoms with E-state index >= 15 is 0 Å². The van der Waals surface area contributed by atoms with Crippen molar-refractivity contribution in [3.63, 3.8) is 0 Å². The minimum Gasteiger partial charge on any atom is -0.497 e. The first-order chi connectivity index (χ1) is 12.2. The van der Waals surface area contributed by atoms with Gasteiger partial charge in [-0.05, 0) is 54.1 Å². The second kappa shape index (κ2) is 6.69. The smallest absolute Gasteiger partial charge is 0.118 e. The van der Waals surface area contributed by atoms with Crippen molar-refractivity contribution in [2.75, 3.05) is 20.7 Å². The lowest BCUT2D eigenvalue weighted by molar-refractivity contribution is 0.295. The Morgan fingerprint density at radius 1 is 1.04 bits per heavy atom. The Hall–Kier alpha value is -2.65. The molecule has 0 bridgehead atoms. The largest absolute Gasteiger partial charge is 0.497 e. The van der Waals surface area contributed by atoms with E-state index in [9.17, 15) is 0 Å². The van der Waals surface area contributed by atoms with Gasteiger partial charge in [0.05, 0.1) is 12.8 Å². The average molecular weight is 330 g/mol. The molecule has 0 spiro atoms. The molecule has 0 amide bonds. The fourth-order valence-electron chi connectivity index (χ4n) is 3.66. The Kier molecular flexibility index (Phi) is 4.24. The highest BCUT2D eigenvalue weighted by Gasteiger charge is 2.25. The van der Waals surface area contributed by atoms with Gasteiger partial charge in [-0.25, -0.2) is 0 Å². The first-order valence-electron chi connectivity index (χ1n) is 8.61. The summed E-state index contributed by atoms with van der Waals surface area (Å²) in [5, 5.41) is 0. The van der Waals surface area contributed by atoms with Gasteiger partial charge < -0.3 is 9.64 Å². The Bertz CT molecular complexity index is 859. The number of rotatable bonds is 3. The second-order valence-corrected chi connectivity index (χ2v) is 6.65. The summed E-state index contributed by atoms with van der Waals surface area (Å²) < 4.78 is 5.29. The molecule has 0 radical (unpaired) electrons. The molecule has 0 saturated carbocycles. The first kappa shape index (κ1) is 15.9. The molecule has 3 heteroatoms. The van der Waals surface area contributed by atoms with Gasteiger partial charge in [0.1, 0.15) is 5.75 Å². The number of hydrogen-bond acceptors (Lipinski definition) is 3. The summed E-state index contributed by atoms with van der Waals surface area (Å²) in [4.78, 5) is 6.87. The van der Waals surface area contributed by atoms with E-state index in [2.05, 4.69) is 53.3 Å². The van der Waals surface area contributed by atoms with Crippen LogP contribution in [0.2, 0.25) is 0 Å². The van der Waals surface area contributed by atoms with Gasteiger partial charge in [0.25, 0.3) is 0 Å². The zero-order valence-corrected chi connectivity index (χ0v) is 14.6. The molecule has 2 heterocycles. The average Bonchev–Trinajstić information content (AvgIpc) is 2.67. The summed E-state index contributed by atoms with van der Waals surface area (Å²) in [6.07, 6.45) is 1.85. The van der Waals surface area contributed by atoms with Gasteiger partial charge in [-0.1, -0.05) is 30.3 Å². The molecular formula is C22H22N2O. The number of likely N-dealkylation sites (N-methyl/N-ethyl adjacent to an activating group) is 1. The minimum atomic E-state index is 0.387. The van der Waals surface area contributed by atoms with Gasteiger partial charge in [0.15, 0.2) is 0 Å². The van der Waals surface area contributed by atoms with Gasteiger partial charge in [-0.2, -0.15) is 0 Å². The Morgan fingerprint density at radius 2 is 1.88 bits per heavy atom. The Labute approximate surface area is 148 Å². The van der Waals surface area contributed by atoms with E-state index in [0.29, 0.717) is 5.92 Å². The number of ether oxygens (including phenoxy) is 1. The third-order valence-electron chi connectivity index (χ3n) is 4.93. The molecule has 0 aliphatic carbocycles. The number of aromatic nitrogens is 1. The van der Waals surface area contributed by atoms with Crippen LogP contribution in [-0.4, -0.2) is 30.6 Å². The highest BCUT2D eigenvalue weighted by Crippen LogP contribution is 2.35. The number of pyridine rings is 1. The summed E-state index contributed by atoms with van der Waals surface area (Å²) >= 11 is 0. The lowest BCUT2D eigenvalue weighted by atomic mass is 9.84. The molecule has 0 N–H and O–H groups in total. The van der Waals surface area contributed by atoms with Gasteiger partial charge in [-0.15, -0.1) is 0 Å². The van der Waals surface area contributed by atoms with E-state index in [1.807, 2.05) is 30.5 Å². The van der Waals surface area contributed by atoms with Crippen LogP contribution in [0.1, 0.15) is 22.6 Å². The molecule has 1 aliphatic heterocycles. The Balaban J connectivity index is 1.73. The van der Waals surface area contributed by atoms with Crippen LogP contribution in [0, 0.1) is 0 Å². The summed E-state index contributed by atoms with van der Waals surface area (Å²) in [6.45, 7) is 2.00. The zero-order chi connectivity index (χ0) is 17.2. The topological polar surface area (TPSA) is 25.4 Å². The van der Waals surface area contributed by atoms with Gasteiger partial charge in [0, 0.05) is 30.8 Å². The van der Waals surface area contributed by atoms with Crippen LogP contribution in [-0.2, 0) is 6.54 Å². The zero-order valence-electron chi connectivity index (χ0n) is 14.6. The SMILES string of the molecule is COc1ccc([C@H]2CN(C)Cc3cc(-c4ccccn4)ccc32)cc1. The molecule has 126 valence electrons. The van der Waals surface area contributed by atoms with Crippen LogP contribution in [0.15, 0.2) is 66.9 Å². The normalized spacial score (nSPS) is 17.1. The van der Waals surface area contributed by atoms with Crippen LogP contribution in [0.3, 0.4) is 0 Å². The van der Waals surface area contributed by atoms with Crippen LogP contribution < -0.4 is 4.74 Å². The molecule has 4 rings (SSSR count). The summed E-state index contributed by atoms with van der Waals surface area (Å²) in [6, 6.07) is 21.3. The summed E-state index contributed by atoms with van der Waals surface area (Å²) in [7, 11) is 3.89. The van der Waals surface area contributed by atoms with E-state index < -0.39 is 0 Å². The highest BCUT2D eigenvalue weighted by molar-refractivity contribution is 5.62. The fraction of sp³-hybridized carbons (Fsp3) is 0.227. The molecule has 1 atom stereocenters. The van der Waals surface area contributed by atoms with Gasteiger partial charge >= 0.3 is 0 Å². The van der Waals surface area contributed by atoms with Crippen molar-refractivity contribution in [2.45, 2.75) is 12.5 Å². The van der Waals surface area contributed by atoms with E-state index in [1.165, 1.54) is 22.3 Å². The maximum absolute atomic E-state index is 5.29. The van der Waals surface area contributed by atoms with E-state index in [0.717, 1.165) is 24.5 Å². The van der Waals surface area contributed by atoms with Crippen LogP contribution in [0.5, 0.6) is 5.75 Å². The third-order valence-corrected chi connectivity index (χ3v) is 4.93. The third kappa shape index (κ3) is 3.15. The minimum absolute atomic E-state index is 0.387. The monoisotopic (exact) mass is 330 g/mol. The van der Waals surface area contributed by atoms with E-state index in [-0.39, 0.29) is 0 Å². The van der Waals surface area contributed by atoms with Crippen molar-refractivity contribution in [1.82, 2.24) is 9.88 Å². The maximum atomic E-state index is 5.29. The molecule has 25 heavy (non-hydrogen) atoms. The Morgan fingerprint density at radius 3 is 2.60 bits per heavy atom. The van der Waals surface area contributed by atoms with Crippen LogP contribution in [0.4, 0.5) is 0 Å². The number of hydrogen-bond donors (Lipinski definition) is 0. The highest BCUT2D eigenvalue weighted by atomic mass is 16.5. The molecule has 3 aromatic rings. The summed E-state index contributed by atoms with van der Waals surface area (Å²) in [5.41, 5.74) is 6.35. The van der Waals surface area contributed by atoms with Crippen LogP contribution >= 0.6 is 0 Å². The van der Waals surface area contributed by atoms with E-state index in [4.69, 9.17) is 4.74 Å². The number of benzene rings is 2. The molecule has 1 aliphatic rings. The molecule has 3 nitrogen and oxygen atoms in total. The number of methoxy groups -OCH3 is 1. The lowest BCUT2D eigenvalue weighted by Crippen LogP contribution is -2.31. The molecular weight excluding hydrogens is 308 g/mol. The van der Waals surface area contributed by atoms with Crippen LogP contribution in [0.25, 0.3) is 11.3 Å². The summed E-state index contributed by atoms with van der Waals surface area (Å²) in [5.74, 6) is 1.29. The van der Waals surface area contributed by atoms with Crippen molar-refractivity contribution < 1.29 is 4.74 Å². The molecule has 0 unspecified atom stereocenters. The van der Waals surface area contributed by atoms with Crippen molar-refractivity contribution in [1.29, 1.82) is 0 Å². The van der Waals surface area contributed by atoms with Crippen molar-refractivity contribution in [3.8, 4) is 17.0 Å². The number of nitrogens with zero attached hydrogens (tertiary/aromatic N) is 2. The molecule has 0 fully saturated rings. The second-order valence-electron chi connectivity index (χ2n) is 6.65. The predicted octanol–water partition coefficient (Wildman–Crippen LogP) is 4.33. The maximum Gasteiger partial charge on any atom is 0.118 e. The quantitative estimate of drug-likeness (QED) is 0.714. The van der Waals surface area contributed by atoms with Crippen molar-refractivity contribution in [2.24, 2.45) is 0 Å². The first-order valence-corrected chi connectivity index (χ1v) is 8.61. The number of fused-ring (bicyclic) bond motifs is 1. The molecule has 2 aromatic carbocycles. The van der Waals surface area contributed by atoms with Crippen molar-refractivity contribution >= 4 is 0 Å². The van der Waals surface area contributed by atoms with Gasteiger partial charge in [0.2, 0.25) is 0 Å². The van der Waals surface area contributed by atoms with E-state index in [1.54, 1.807) is 7.11 Å². The van der Waals surface area contributed by atoms with Crippen molar-refractivity contribution in [3.05, 3.63) is 83.6 Å². The molecule has 0 saturated heterocycles. The fourth-order valence-corrected chi connectivity index (χ4v) is 3.66. The standard InChI is InChI=1S/C22H22N2O/c1-24-14-18-13-17(22-5-3-4-12-23-22)8-11-20(18)21(15-24)16-6-9-19(25-2)10-7-16/h3-13,21H,14-15H2,1-2H3/t21-/m1/s1.